The molecule has 5 rings (SSSR count). The van der Waals surface area contributed by atoms with E-state index in [2.05, 4.69) is 10.6 Å². The molecule has 3 aromatic carbocycles. The Kier molecular flexibility index (Phi) is 7.42. The number of nitrogens with one attached hydrogen (secondary N) is 2. The fourth-order valence-corrected chi connectivity index (χ4v) is 5.68. The van der Waals surface area contributed by atoms with Gasteiger partial charge in [0.15, 0.2) is 5.60 Å². The second-order valence-corrected chi connectivity index (χ2v) is 10.00. The SMILES string of the molecule is O=C(NC(=O)C1(O)c2ccccc2-c2ccccc21)[C@@H]1CCCN1Cc1cc(Cl)ccc1CNCCO. The third-order valence-corrected chi connectivity index (χ3v) is 7.54. The summed E-state index contributed by atoms with van der Waals surface area (Å²) in [6, 6.07) is 19.7. The Morgan fingerprint density at radius 1 is 1.00 bits per heavy atom. The number of imide groups is 1. The highest BCUT2D eigenvalue weighted by Crippen LogP contribution is 2.47. The number of likely N-dealkylation sites (tertiary alicyclic amines) is 1. The number of aliphatic hydroxyl groups excluding tert-OH is 1. The average molecular weight is 520 g/mol. The van der Waals surface area contributed by atoms with Crippen LogP contribution in [0.25, 0.3) is 11.1 Å². The monoisotopic (exact) mass is 519 g/mol. The lowest BCUT2D eigenvalue weighted by Crippen LogP contribution is -2.51. The van der Waals surface area contributed by atoms with Gasteiger partial charge in [0.05, 0.1) is 12.6 Å². The molecule has 0 radical (unpaired) electrons. The predicted molar refractivity (Wildman–Crippen MR) is 142 cm³/mol. The minimum atomic E-state index is -1.94. The van der Waals surface area contributed by atoms with E-state index in [9.17, 15) is 14.7 Å². The van der Waals surface area contributed by atoms with E-state index in [4.69, 9.17) is 16.7 Å². The van der Waals surface area contributed by atoms with Gasteiger partial charge in [0.25, 0.3) is 5.91 Å². The van der Waals surface area contributed by atoms with Gasteiger partial charge in [-0.3, -0.25) is 19.8 Å². The molecule has 1 heterocycles. The minimum Gasteiger partial charge on any atom is -0.395 e. The van der Waals surface area contributed by atoms with E-state index >= 15 is 0 Å². The summed E-state index contributed by atoms with van der Waals surface area (Å²) in [5.41, 5.74) is 2.61. The van der Waals surface area contributed by atoms with Gasteiger partial charge in [0.1, 0.15) is 0 Å². The van der Waals surface area contributed by atoms with Crippen LogP contribution in [0.5, 0.6) is 0 Å². The number of carbonyl (C=O) groups is 2. The fourth-order valence-electron chi connectivity index (χ4n) is 5.49. The predicted octanol–water partition coefficient (Wildman–Crippen LogP) is 2.95. The van der Waals surface area contributed by atoms with Gasteiger partial charge in [-0.25, -0.2) is 0 Å². The second kappa shape index (κ2) is 10.7. The average Bonchev–Trinajstić information content (AvgIpc) is 3.47. The minimum absolute atomic E-state index is 0.0482. The van der Waals surface area contributed by atoms with E-state index in [0.717, 1.165) is 28.7 Å². The van der Waals surface area contributed by atoms with Gasteiger partial charge in [-0.2, -0.15) is 0 Å². The third-order valence-electron chi connectivity index (χ3n) is 7.30. The van der Waals surface area contributed by atoms with E-state index in [0.29, 0.717) is 48.7 Å². The molecule has 0 aromatic heterocycles. The number of hydrogen-bond acceptors (Lipinski definition) is 6. The lowest BCUT2D eigenvalue weighted by molar-refractivity contribution is -0.142. The Morgan fingerprint density at radius 2 is 1.68 bits per heavy atom. The molecule has 192 valence electrons. The Labute approximate surface area is 221 Å². The lowest BCUT2D eigenvalue weighted by atomic mass is 9.90. The Hall–Kier alpha value is -3.07. The van der Waals surface area contributed by atoms with E-state index in [1.54, 1.807) is 24.3 Å². The first-order chi connectivity index (χ1) is 17.9. The van der Waals surface area contributed by atoms with Crippen LogP contribution in [-0.4, -0.2) is 52.7 Å². The van der Waals surface area contributed by atoms with Crippen molar-refractivity contribution in [1.29, 1.82) is 0 Å². The number of amides is 2. The molecule has 1 atom stereocenters. The van der Waals surface area contributed by atoms with E-state index in [-0.39, 0.29) is 6.61 Å². The molecular weight excluding hydrogens is 490 g/mol. The van der Waals surface area contributed by atoms with Crippen molar-refractivity contribution < 1.29 is 19.8 Å². The quantitative estimate of drug-likeness (QED) is 0.270. The smallest absolute Gasteiger partial charge is 0.268 e. The zero-order chi connectivity index (χ0) is 26.0. The van der Waals surface area contributed by atoms with Gasteiger partial charge in [-0.15, -0.1) is 0 Å². The molecular formula is C29H30ClN3O4. The van der Waals surface area contributed by atoms with Gasteiger partial charge in [0, 0.05) is 35.8 Å². The van der Waals surface area contributed by atoms with Crippen molar-refractivity contribution >= 4 is 23.4 Å². The molecule has 7 nitrogen and oxygen atoms in total. The molecule has 4 N–H and O–H groups in total. The van der Waals surface area contributed by atoms with Gasteiger partial charge < -0.3 is 15.5 Å². The maximum Gasteiger partial charge on any atom is 0.268 e. The summed E-state index contributed by atoms with van der Waals surface area (Å²) in [5.74, 6) is -1.15. The second-order valence-electron chi connectivity index (χ2n) is 9.56. The van der Waals surface area contributed by atoms with Crippen LogP contribution in [0.4, 0.5) is 0 Å². The fraction of sp³-hybridized carbons (Fsp3) is 0.310. The summed E-state index contributed by atoms with van der Waals surface area (Å²) in [5, 5.41) is 27.1. The van der Waals surface area contributed by atoms with Crippen molar-refractivity contribution in [3.8, 4) is 11.1 Å². The highest BCUT2D eigenvalue weighted by Gasteiger charge is 2.48. The van der Waals surface area contributed by atoms with Crippen molar-refractivity contribution in [3.63, 3.8) is 0 Å². The van der Waals surface area contributed by atoms with Gasteiger partial charge in [-0.05, 0) is 53.8 Å². The molecule has 1 aliphatic carbocycles. The first-order valence-electron chi connectivity index (χ1n) is 12.5. The summed E-state index contributed by atoms with van der Waals surface area (Å²) in [7, 11) is 0. The zero-order valence-electron chi connectivity index (χ0n) is 20.4. The molecule has 1 saturated heterocycles. The first kappa shape index (κ1) is 25.6. The standard InChI is InChI=1S/C29H30ClN3O4/c30-21-12-11-19(17-31-13-15-34)20(16-21)18-33-14-5-10-26(33)27(35)32-28(36)29(37)24-8-3-1-6-22(24)23-7-2-4-9-25(23)29/h1-4,6-9,11-12,16,26,31,34,37H,5,10,13-15,17-18H2,(H,32,35,36)/t26-/m0/s1. The third kappa shape index (κ3) is 4.81. The van der Waals surface area contributed by atoms with Crippen LogP contribution in [-0.2, 0) is 28.3 Å². The van der Waals surface area contributed by atoms with E-state index < -0.39 is 23.5 Å². The summed E-state index contributed by atoms with van der Waals surface area (Å²) in [4.78, 5) is 29.0. The molecule has 2 aliphatic rings. The van der Waals surface area contributed by atoms with Crippen LogP contribution in [0.15, 0.2) is 66.7 Å². The molecule has 37 heavy (non-hydrogen) atoms. The van der Waals surface area contributed by atoms with Crippen molar-refractivity contribution in [2.75, 3.05) is 19.7 Å². The van der Waals surface area contributed by atoms with E-state index in [1.165, 1.54) is 0 Å². The van der Waals surface area contributed by atoms with Crippen molar-refractivity contribution in [2.45, 2.75) is 37.6 Å². The number of fused-ring (bicyclic) bond motifs is 3. The Balaban J connectivity index is 1.34. The zero-order valence-corrected chi connectivity index (χ0v) is 21.2. The molecule has 0 spiro atoms. The molecule has 1 aliphatic heterocycles. The van der Waals surface area contributed by atoms with Crippen molar-refractivity contribution in [1.82, 2.24) is 15.5 Å². The Bertz CT molecular complexity index is 1280. The van der Waals surface area contributed by atoms with Crippen LogP contribution in [0.3, 0.4) is 0 Å². The molecule has 0 unspecified atom stereocenters. The van der Waals surface area contributed by atoms with Gasteiger partial charge in [-0.1, -0.05) is 66.2 Å². The molecule has 0 bridgehead atoms. The highest BCUT2D eigenvalue weighted by molar-refractivity contribution is 6.30. The number of rotatable bonds is 8. The van der Waals surface area contributed by atoms with Crippen LogP contribution < -0.4 is 10.6 Å². The molecule has 3 aromatic rings. The largest absolute Gasteiger partial charge is 0.395 e. The number of hydrogen-bond donors (Lipinski definition) is 4. The lowest BCUT2D eigenvalue weighted by Gasteiger charge is -2.28. The number of nitrogens with zero attached hydrogens (tertiary/aromatic N) is 1. The topological polar surface area (TPSA) is 102 Å². The van der Waals surface area contributed by atoms with Crippen molar-refractivity contribution in [2.24, 2.45) is 0 Å². The number of carbonyl (C=O) groups excluding carboxylic acids is 2. The van der Waals surface area contributed by atoms with Crippen LogP contribution in [0.2, 0.25) is 5.02 Å². The summed E-state index contributed by atoms with van der Waals surface area (Å²) < 4.78 is 0. The van der Waals surface area contributed by atoms with Gasteiger partial charge in [0.2, 0.25) is 5.91 Å². The maximum atomic E-state index is 13.5. The molecule has 8 heteroatoms. The Morgan fingerprint density at radius 3 is 2.35 bits per heavy atom. The first-order valence-corrected chi connectivity index (χ1v) is 12.9. The van der Waals surface area contributed by atoms with Gasteiger partial charge >= 0.3 is 0 Å². The number of halogens is 1. The van der Waals surface area contributed by atoms with Crippen LogP contribution in [0.1, 0.15) is 35.1 Å². The molecule has 2 amide bonds. The molecule has 1 fully saturated rings. The van der Waals surface area contributed by atoms with Crippen molar-refractivity contribution in [3.05, 3.63) is 94.0 Å². The summed E-state index contributed by atoms with van der Waals surface area (Å²) in [6.07, 6.45) is 1.43. The molecule has 0 saturated carbocycles. The van der Waals surface area contributed by atoms with Crippen LogP contribution in [0, 0.1) is 0 Å². The number of aliphatic hydroxyl groups is 2. The highest BCUT2D eigenvalue weighted by atomic mass is 35.5. The number of benzene rings is 3. The normalized spacial score (nSPS) is 17.9. The maximum absolute atomic E-state index is 13.5. The van der Waals surface area contributed by atoms with E-state index in [1.807, 2.05) is 47.4 Å². The summed E-state index contributed by atoms with van der Waals surface area (Å²) >= 11 is 6.27. The summed E-state index contributed by atoms with van der Waals surface area (Å²) in [6.45, 7) is 2.31. The van der Waals surface area contributed by atoms with Crippen LogP contribution >= 0.6 is 11.6 Å².